The molecule has 0 saturated carbocycles. The van der Waals surface area contributed by atoms with Gasteiger partial charge in [0.2, 0.25) is 5.91 Å². The summed E-state index contributed by atoms with van der Waals surface area (Å²) in [6, 6.07) is 15.6. The first-order chi connectivity index (χ1) is 17.0. The zero-order valence-corrected chi connectivity index (χ0v) is 20.8. The Morgan fingerprint density at radius 3 is 2.46 bits per heavy atom. The average Bonchev–Trinajstić information content (AvgIpc) is 3.55. The van der Waals surface area contributed by atoms with E-state index in [0.717, 1.165) is 16.9 Å². The van der Waals surface area contributed by atoms with Crippen molar-refractivity contribution in [2.75, 3.05) is 27.0 Å². The summed E-state index contributed by atoms with van der Waals surface area (Å²) in [6.07, 6.45) is 4.19. The van der Waals surface area contributed by atoms with E-state index in [1.807, 2.05) is 30.5 Å². The van der Waals surface area contributed by atoms with Gasteiger partial charge in [-0.25, -0.2) is 9.48 Å². The van der Waals surface area contributed by atoms with Crippen molar-refractivity contribution >= 4 is 23.6 Å². The van der Waals surface area contributed by atoms with Crippen LogP contribution in [-0.2, 0) is 22.6 Å². The third kappa shape index (κ3) is 6.01. The van der Waals surface area contributed by atoms with Crippen molar-refractivity contribution in [2.45, 2.75) is 36.5 Å². The lowest BCUT2D eigenvalue weighted by molar-refractivity contribution is -0.125. The van der Waals surface area contributed by atoms with Crippen LogP contribution in [-0.4, -0.2) is 64.8 Å². The van der Waals surface area contributed by atoms with E-state index in [2.05, 4.69) is 44.8 Å². The number of nitrogens with one attached hydrogen (secondary N) is 1. The molecule has 0 bridgehead atoms. The first kappa shape index (κ1) is 24.7. The Kier molecular flexibility index (Phi) is 8.04. The van der Waals surface area contributed by atoms with Crippen LogP contribution in [0.5, 0.6) is 5.75 Å². The zero-order chi connectivity index (χ0) is 24.8. The van der Waals surface area contributed by atoms with E-state index < -0.39 is 5.97 Å². The second-order valence-corrected chi connectivity index (χ2v) is 9.20. The fourth-order valence-corrected chi connectivity index (χ4v) is 4.60. The maximum atomic E-state index is 13.3. The Morgan fingerprint density at radius 1 is 1.09 bits per heavy atom. The molecule has 1 fully saturated rings. The molecule has 1 N–H and O–H groups in total. The minimum Gasteiger partial charge on any atom is -0.497 e. The van der Waals surface area contributed by atoms with E-state index >= 15 is 0 Å². The number of hydrogen-bond donors (Lipinski definition) is 1. The summed E-state index contributed by atoms with van der Waals surface area (Å²) < 4.78 is 11.6. The van der Waals surface area contributed by atoms with Gasteiger partial charge >= 0.3 is 5.97 Å². The molecule has 1 aliphatic heterocycles. The van der Waals surface area contributed by atoms with Gasteiger partial charge in [0, 0.05) is 24.5 Å². The number of esters is 1. The molecule has 1 aliphatic rings. The molecule has 35 heavy (non-hydrogen) atoms. The molecule has 9 nitrogen and oxygen atoms in total. The van der Waals surface area contributed by atoms with Gasteiger partial charge in [0.05, 0.1) is 32.5 Å². The smallest absolute Gasteiger partial charge is 0.360 e. The van der Waals surface area contributed by atoms with Crippen LogP contribution in [0.2, 0.25) is 0 Å². The SMILES string of the molecule is COC(=O)c1cn([C@@H]2C[C@@H](C(=O)NCc3ccc(OC)cc3)N(Cc3ccc(SC)cc3)C2)nn1. The highest BCUT2D eigenvalue weighted by molar-refractivity contribution is 7.98. The Hall–Kier alpha value is -3.37. The standard InChI is InChI=1S/C25H29N5O4S/c1-33-20-8-4-17(5-9-20)13-26-24(31)23-12-19(30-16-22(27-28-30)25(32)34-2)15-29(23)14-18-6-10-21(35-3)11-7-18/h4-11,16,19,23H,12-15H2,1-3H3,(H,26,31)/t19-,23+/m1/s1. The number of likely N-dealkylation sites (tertiary alicyclic amines) is 1. The topological polar surface area (TPSA) is 98.6 Å². The van der Waals surface area contributed by atoms with Crippen molar-refractivity contribution in [1.82, 2.24) is 25.2 Å². The predicted octanol–water partition coefficient (Wildman–Crippen LogP) is 2.93. The first-order valence-corrected chi connectivity index (χ1v) is 12.5. The number of methoxy groups -OCH3 is 2. The summed E-state index contributed by atoms with van der Waals surface area (Å²) >= 11 is 1.69. The van der Waals surface area contributed by atoms with Crippen LogP contribution in [0.4, 0.5) is 0 Å². The van der Waals surface area contributed by atoms with Gasteiger partial charge in [0.1, 0.15) is 5.75 Å². The number of thioether (sulfide) groups is 1. The largest absolute Gasteiger partial charge is 0.497 e. The maximum Gasteiger partial charge on any atom is 0.360 e. The number of hydrogen-bond acceptors (Lipinski definition) is 8. The molecule has 1 saturated heterocycles. The number of ether oxygens (including phenoxy) is 2. The number of benzene rings is 2. The Morgan fingerprint density at radius 2 is 1.80 bits per heavy atom. The van der Waals surface area contributed by atoms with Crippen molar-refractivity contribution in [3.05, 3.63) is 71.5 Å². The van der Waals surface area contributed by atoms with Gasteiger partial charge in [-0.2, -0.15) is 0 Å². The lowest BCUT2D eigenvalue weighted by Gasteiger charge is -2.23. The minimum atomic E-state index is -0.534. The molecule has 1 aromatic heterocycles. The molecule has 0 aliphatic carbocycles. The van der Waals surface area contributed by atoms with Gasteiger partial charge in [-0.15, -0.1) is 16.9 Å². The van der Waals surface area contributed by atoms with E-state index in [-0.39, 0.29) is 23.7 Å². The van der Waals surface area contributed by atoms with Crippen molar-refractivity contribution < 1.29 is 19.1 Å². The molecule has 2 heterocycles. The maximum absolute atomic E-state index is 13.3. The summed E-state index contributed by atoms with van der Waals surface area (Å²) in [5, 5.41) is 11.1. The van der Waals surface area contributed by atoms with Crippen LogP contribution in [0.3, 0.4) is 0 Å². The molecule has 2 aromatic carbocycles. The number of amides is 1. The van der Waals surface area contributed by atoms with Gasteiger partial charge in [-0.1, -0.05) is 29.5 Å². The molecule has 2 atom stereocenters. The van der Waals surface area contributed by atoms with Crippen molar-refractivity contribution in [1.29, 1.82) is 0 Å². The highest BCUT2D eigenvalue weighted by atomic mass is 32.2. The molecular formula is C25H29N5O4S. The van der Waals surface area contributed by atoms with Gasteiger partial charge in [0.15, 0.2) is 5.69 Å². The third-order valence-corrected chi connectivity index (χ3v) is 6.88. The Balaban J connectivity index is 1.48. The van der Waals surface area contributed by atoms with Crippen LogP contribution >= 0.6 is 11.8 Å². The number of aromatic nitrogens is 3. The molecule has 0 radical (unpaired) electrons. The molecule has 4 rings (SSSR count). The third-order valence-electron chi connectivity index (χ3n) is 6.13. The second-order valence-electron chi connectivity index (χ2n) is 8.32. The van der Waals surface area contributed by atoms with Gasteiger partial charge < -0.3 is 14.8 Å². The quantitative estimate of drug-likeness (QED) is 0.357. The van der Waals surface area contributed by atoms with E-state index in [0.29, 0.717) is 26.1 Å². The predicted molar refractivity (Wildman–Crippen MR) is 132 cm³/mol. The Bertz CT molecular complexity index is 1150. The summed E-state index contributed by atoms with van der Waals surface area (Å²) in [5.74, 6) is 0.197. The summed E-state index contributed by atoms with van der Waals surface area (Å²) in [4.78, 5) is 28.4. The van der Waals surface area contributed by atoms with E-state index in [9.17, 15) is 9.59 Å². The normalized spacial score (nSPS) is 17.8. The number of carbonyl (C=O) groups excluding carboxylic acids is 2. The van der Waals surface area contributed by atoms with Crippen molar-refractivity contribution in [2.24, 2.45) is 0 Å². The monoisotopic (exact) mass is 495 g/mol. The van der Waals surface area contributed by atoms with Crippen LogP contribution in [0.15, 0.2) is 59.6 Å². The van der Waals surface area contributed by atoms with Crippen LogP contribution in [0, 0.1) is 0 Å². The van der Waals surface area contributed by atoms with Crippen LogP contribution in [0.1, 0.15) is 34.1 Å². The fraction of sp³-hybridized carbons (Fsp3) is 0.360. The van der Waals surface area contributed by atoms with E-state index in [1.165, 1.54) is 12.0 Å². The molecule has 184 valence electrons. The van der Waals surface area contributed by atoms with Gasteiger partial charge in [-0.05, 0) is 48.1 Å². The number of nitrogens with zero attached hydrogens (tertiary/aromatic N) is 4. The van der Waals surface area contributed by atoms with E-state index in [4.69, 9.17) is 9.47 Å². The van der Waals surface area contributed by atoms with Crippen LogP contribution in [0.25, 0.3) is 0 Å². The lowest BCUT2D eigenvalue weighted by atomic mass is 10.1. The summed E-state index contributed by atoms with van der Waals surface area (Å²) in [7, 11) is 2.93. The molecule has 10 heteroatoms. The number of carbonyl (C=O) groups is 2. The molecular weight excluding hydrogens is 466 g/mol. The summed E-state index contributed by atoms with van der Waals surface area (Å²) in [6.45, 7) is 1.66. The van der Waals surface area contributed by atoms with Crippen molar-refractivity contribution in [3.8, 4) is 5.75 Å². The zero-order valence-electron chi connectivity index (χ0n) is 20.0. The van der Waals surface area contributed by atoms with E-state index in [1.54, 1.807) is 29.8 Å². The first-order valence-electron chi connectivity index (χ1n) is 11.3. The highest BCUT2D eigenvalue weighted by Gasteiger charge is 2.38. The fourth-order valence-electron chi connectivity index (χ4n) is 4.19. The molecule has 3 aromatic rings. The second kappa shape index (κ2) is 11.4. The lowest BCUT2D eigenvalue weighted by Crippen LogP contribution is -2.42. The van der Waals surface area contributed by atoms with Gasteiger partial charge in [-0.3, -0.25) is 9.69 Å². The van der Waals surface area contributed by atoms with Gasteiger partial charge in [0.25, 0.3) is 0 Å². The number of rotatable bonds is 9. The molecule has 1 amide bonds. The van der Waals surface area contributed by atoms with Crippen molar-refractivity contribution in [3.63, 3.8) is 0 Å². The average molecular weight is 496 g/mol. The Labute approximate surface area is 208 Å². The molecule has 0 unspecified atom stereocenters. The van der Waals surface area contributed by atoms with Crippen LogP contribution < -0.4 is 10.1 Å². The highest BCUT2D eigenvalue weighted by Crippen LogP contribution is 2.29. The summed E-state index contributed by atoms with van der Waals surface area (Å²) in [5.41, 5.74) is 2.27. The molecule has 0 spiro atoms. The minimum absolute atomic E-state index is 0.0441.